The van der Waals surface area contributed by atoms with Crippen LogP contribution in [0.4, 0.5) is 9.39 Å². The van der Waals surface area contributed by atoms with E-state index in [0.717, 1.165) is 29.7 Å². The number of benzene rings is 1. The fraction of sp³-hybridized carbons (Fsp3) is 0. The van der Waals surface area contributed by atoms with Crippen LogP contribution in [0.2, 0.25) is 0 Å². The molecule has 0 saturated heterocycles. The number of aromatic hydroxyl groups is 1. The number of phenols is 1. The van der Waals surface area contributed by atoms with Crippen molar-refractivity contribution in [2.75, 3.05) is 5.32 Å². The zero-order valence-electron chi connectivity index (χ0n) is 7.85. The fourth-order valence-electron chi connectivity index (χ4n) is 1.09. The summed E-state index contributed by atoms with van der Waals surface area (Å²) in [6.07, 6.45) is 1.36. The number of carbonyl (C=O) groups is 1. The van der Waals surface area contributed by atoms with Crippen LogP contribution in [0.25, 0.3) is 0 Å². The molecule has 2 N–H and O–H groups in total. The SMILES string of the molecule is O=C(Nc1cnns1)c1cc(F)ccc1O. The lowest BCUT2D eigenvalue weighted by atomic mass is 10.2. The molecule has 1 heterocycles. The van der Waals surface area contributed by atoms with Crippen molar-refractivity contribution in [1.29, 1.82) is 0 Å². The molecule has 0 radical (unpaired) electrons. The Bertz CT molecular complexity index is 515. The van der Waals surface area contributed by atoms with E-state index in [1.54, 1.807) is 0 Å². The van der Waals surface area contributed by atoms with Gasteiger partial charge in [0.25, 0.3) is 5.91 Å². The van der Waals surface area contributed by atoms with Crippen LogP contribution in [0.15, 0.2) is 24.4 Å². The highest BCUT2D eigenvalue weighted by molar-refractivity contribution is 7.10. The molecule has 1 amide bonds. The normalized spacial score (nSPS) is 10.1. The molecule has 82 valence electrons. The Labute approximate surface area is 93.7 Å². The molecule has 0 aliphatic rings. The summed E-state index contributed by atoms with van der Waals surface area (Å²) in [5, 5.41) is 15.8. The number of carbonyl (C=O) groups excluding carboxylic acids is 1. The predicted octanol–water partition coefficient (Wildman–Crippen LogP) is 1.64. The average molecular weight is 239 g/mol. The van der Waals surface area contributed by atoms with Crippen LogP contribution in [0.5, 0.6) is 5.75 Å². The molecule has 1 aromatic carbocycles. The highest BCUT2D eigenvalue weighted by atomic mass is 32.1. The molecular weight excluding hydrogens is 233 g/mol. The van der Waals surface area contributed by atoms with Gasteiger partial charge in [-0.1, -0.05) is 4.49 Å². The van der Waals surface area contributed by atoms with Gasteiger partial charge in [-0.05, 0) is 18.2 Å². The molecule has 0 aliphatic heterocycles. The molecule has 1 aromatic heterocycles. The summed E-state index contributed by atoms with van der Waals surface area (Å²) in [6.45, 7) is 0. The summed E-state index contributed by atoms with van der Waals surface area (Å²) in [4.78, 5) is 11.6. The van der Waals surface area contributed by atoms with Crippen LogP contribution in [0, 0.1) is 5.82 Å². The third-order valence-electron chi connectivity index (χ3n) is 1.80. The van der Waals surface area contributed by atoms with Crippen molar-refractivity contribution in [1.82, 2.24) is 9.59 Å². The number of hydrogen-bond donors (Lipinski definition) is 2. The van der Waals surface area contributed by atoms with E-state index in [2.05, 4.69) is 14.9 Å². The number of hydrogen-bond acceptors (Lipinski definition) is 5. The zero-order valence-corrected chi connectivity index (χ0v) is 8.66. The first-order valence-corrected chi connectivity index (χ1v) is 5.01. The smallest absolute Gasteiger partial charge is 0.260 e. The lowest BCUT2D eigenvalue weighted by Gasteiger charge is -2.03. The van der Waals surface area contributed by atoms with E-state index in [1.165, 1.54) is 6.20 Å². The Balaban J connectivity index is 2.24. The lowest BCUT2D eigenvalue weighted by molar-refractivity contribution is 0.102. The van der Waals surface area contributed by atoms with E-state index >= 15 is 0 Å². The van der Waals surface area contributed by atoms with E-state index in [0.29, 0.717) is 5.00 Å². The summed E-state index contributed by atoms with van der Waals surface area (Å²) in [6, 6.07) is 3.15. The standard InChI is InChI=1S/C9H6FN3O2S/c10-5-1-2-7(14)6(3-5)9(15)12-8-4-11-13-16-8/h1-4,14H,(H,12,15). The first-order valence-electron chi connectivity index (χ1n) is 4.24. The molecule has 2 rings (SSSR count). The van der Waals surface area contributed by atoms with Crippen LogP contribution in [-0.4, -0.2) is 20.6 Å². The molecule has 0 unspecified atom stereocenters. The van der Waals surface area contributed by atoms with Crippen molar-refractivity contribution in [2.24, 2.45) is 0 Å². The highest BCUT2D eigenvalue weighted by Crippen LogP contribution is 2.20. The molecule has 0 saturated carbocycles. The fourth-order valence-corrected chi connectivity index (χ4v) is 1.51. The van der Waals surface area contributed by atoms with E-state index in [4.69, 9.17) is 0 Å². The Morgan fingerprint density at radius 3 is 3.00 bits per heavy atom. The number of anilines is 1. The maximum Gasteiger partial charge on any atom is 0.260 e. The van der Waals surface area contributed by atoms with Crippen LogP contribution in [-0.2, 0) is 0 Å². The summed E-state index contributed by atoms with van der Waals surface area (Å²) in [5.74, 6) is -1.48. The van der Waals surface area contributed by atoms with Gasteiger partial charge in [0, 0.05) is 11.5 Å². The molecule has 5 nitrogen and oxygen atoms in total. The monoisotopic (exact) mass is 239 g/mol. The average Bonchev–Trinajstić information content (AvgIpc) is 2.74. The first kappa shape index (κ1) is 10.5. The van der Waals surface area contributed by atoms with Crippen molar-refractivity contribution in [3.63, 3.8) is 0 Å². The van der Waals surface area contributed by atoms with E-state index in [-0.39, 0.29) is 11.3 Å². The van der Waals surface area contributed by atoms with Crippen molar-refractivity contribution in [3.05, 3.63) is 35.8 Å². The summed E-state index contributed by atoms with van der Waals surface area (Å²) in [7, 11) is 0. The largest absolute Gasteiger partial charge is 0.507 e. The van der Waals surface area contributed by atoms with E-state index in [9.17, 15) is 14.3 Å². The predicted molar refractivity (Wildman–Crippen MR) is 55.9 cm³/mol. The number of nitrogens with zero attached hydrogens (tertiary/aromatic N) is 2. The quantitative estimate of drug-likeness (QED) is 0.835. The second-order valence-corrected chi connectivity index (χ2v) is 3.68. The minimum absolute atomic E-state index is 0.131. The topological polar surface area (TPSA) is 75.1 Å². The van der Waals surface area contributed by atoms with E-state index < -0.39 is 11.7 Å². The Morgan fingerprint density at radius 2 is 2.31 bits per heavy atom. The molecule has 0 fully saturated rings. The minimum atomic E-state index is -0.608. The van der Waals surface area contributed by atoms with Crippen molar-refractivity contribution in [3.8, 4) is 5.75 Å². The van der Waals surface area contributed by atoms with Gasteiger partial charge >= 0.3 is 0 Å². The summed E-state index contributed by atoms with van der Waals surface area (Å²) < 4.78 is 16.4. The molecule has 7 heteroatoms. The molecule has 2 aromatic rings. The molecule has 0 aliphatic carbocycles. The first-order chi connectivity index (χ1) is 7.66. The zero-order chi connectivity index (χ0) is 11.5. The second kappa shape index (κ2) is 4.23. The second-order valence-electron chi connectivity index (χ2n) is 2.90. The van der Waals surface area contributed by atoms with Gasteiger partial charge in [-0.3, -0.25) is 4.79 Å². The summed E-state index contributed by atoms with van der Waals surface area (Å²) in [5.41, 5.74) is -0.131. The van der Waals surface area contributed by atoms with Gasteiger partial charge in [0.1, 0.15) is 16.6 Å². The number of halogens is 1. The molecule has 0 spiro atoms. The Hall–Kier alpha value is -2.02. The maximum atomic E-state index is 12.9. The van der Waals surface area contributed by atoms with E-state index in [1.807, 2.05) is 0 Å². The van der Waals surface area contributed by atoms with Gasteiger partial charge in [0.15, 0.2) is 0 Å². The highest BCUT2D eigenvalue weighted by Gasteiger charge is 2.13. The maximum absolute atomic E-state index is 12.9. The number of nitrogens with one attached hydrogen (secondary N) is 1. The Morgan fingerprint density at radius 1 is 1.50 bits per heavy atom. The number of aromatic nitrogens is 2. The molecule has 0 atom stereocenters. The van der Waals surface area contributed by atoms with Crippen LogP contribution in [0.3, 0.4) is 0 Å². The van der Waals surface area contributed by atoms with Crippen molar-refractivity contribution < 1.29 is 14.3 Å². The van der Waals surface area contributed by atoms with Gasteiger partial charge in [0.2, 0.25) is 0 Å². The number of phenolic OH excluding ortho intramolecular Hbond substituents is 1. The van der Waals surface area contributed by atoms with Crippen LogP contribution in [0.1, 0.15) is 10.4 Å². The van der Waals surface area contributed by atoms with Gasteiger partial charge in [-0.25, -0.2) is 4.39 Å². The lowest BCUT2D eigenvalue weighted by Crippen LogP contribution is -2.11. The van der Waals surface area contributed by atoms with Gasteiger partial charge in [-0.2, -0.15) is 0 Å². The Kier molecular flexibility index (Phi) is 2.78. The molecule has 16 heavy (non-hydrogen) atoms. The minimum Gasteiger partial charge on any atom is -0.507 e. The van der Waals surface area contributed by atoms with Gasteiger partial charge in [-0.15, -0.1) is 5.10 Å². The van der Waals surface area contributed by atoms with Crippen molar-refractivity contribution in [2.45, 2.75) is 0 Å². The summed E-state index contributed by atoms with van der Waals surface area (Å²) >= 11 is 0.988. The molecule has 0 bridgehead atoms. The van der Waals surface area contributed by atoms with Crippen LogP contribution >= 0.6 is 11.5 Å². The molecular formula is C9H6FN3O2S. The van der Waals surface area contributed by atoms with Crippen molar-refractivity contribution >= 4 is 22.4 Å². The van der Waals surface area contributed by atoms with Gasteiger partial charge in [0.05, 0.1) is 11.8 Å². The third kappa shape index (κ3) is 2.14. The van der Waals surface area contributed by atoms with Crippen LogP contribution < -0.4 is 5.32 Å². The number of amides is 1. The van der Waals surface area contributed by atoms with Gasteiger partial charge < -0.3 is 10.4 Å². The third-order valence-corrected chi connectivity index (χ3v) is 2.38. The number of rotatable bonds is 2.